The summed E-state index contributed by atoms with van der Waals surface area (Å²) in [6.07, 6.45) is 5.87. The lowest BCUT2D eigenvalue weighted by Crippen LogP contribution is -2.42. The Labute approximate surface area is 113 Å². The largest absolute Gasteiger partial charge is 0.303 e. The van der Waals surface area contributed by atoms with Gasteiger partial charge in [0, 0.05) is 6.54 Å². The fraction of sp³-hybridized carbons (Fsp3) is 0.933. The molecule has 0 aromatic rings. The molecular formula is C15H29N3. The third-order valence-electron chi connectivity index (χ3n) is 3.90. The van der Waals surface area contributed by atoms with E-state index in [1.807, 2.05) is 6.92 Å². The van der Waals surface area contributed by atoms with Crippen molar-refractivity contribution in [2.75, 3.05) is 26.2 Å². The van der Waals surface area contributed by atoms with Gasteiger partial charge >= 0.3 is 0 Å². The molecule has 0 aliphatic carbocycles. The van der Waals surface area contributed by atoms with Gasteiger partial charge in [0.2, 0.25) is 0 Å². The van der Waals surface area contributed by atoms with Crippen molar-refractivity contribution in [1.82, 2.24) is 10.2 Å². The van der Waals surface area contributed by atoms with E-state index in [1.54, 1.807) is 0 Å². The Morgan fingerprint density at radius 2 is 2.28 bits per heavy atom. The molecule has 0 saturated carbocycles. The molecule has 1 rings (SSSR count). The molecule has 0 aromatic heterocycles. The lowest BCUT2D eigenvalue weighted by Gasteiger charge is -2.31. The third-order valence-corrected chi connectivity index (χ3v) is 3.90. The van der Waals surface area contributed by atoms with Gasteiger partial charge < -0.3 is 4.90 Å². The van der Waals surface area contributed by atoms with E-state index in [1.165, 1.54) is 25.9 Å². The van der Waals surface area contributed by atoms with Crippen LogP contribution < -0.4 is 5.32 Å². The first-order valence-corrected chi connectivity index (χ1v) is 7.48. The highest BCUT2D eigenvalue weighted by molar-refractivity contribution is 5.03. The molecule has 1 heterocycles. The first-order chi connectivity index (χ1) is 8.59. The van der Waals surface area contributed by atoms with Crippen LogP contribution in [-0.4, -0.2) is 36.6 Å². The van der Waals surface area contributed by atoms with Crippen molar-refractivity contribution in [3.8, 4) is 6.07 Å². The Morgan fingerprint density at radius 1 is 1.50 bits per heavy atom. The fourth-order valence-corrected chi connectivity index (χ4v) is 2.73. The summed E-state index contributed by atoms with van der Waals surface area (Å²) in [5.41, 5.74) is -0.336. The summed E-state index contributed by atoms with van der Waals surface area (Å²) in [6, 6.07) is 2.43. The van der Waals surface area contributed by atoms with Gasteiger partial charge in [-0.05, 0) is 64.6 Å². The normalized spacial score (nSPS) is 24.4. The second-order valence-corrected chi connectivity index (χ2v) is 6.02. The van der Waals surface area contributed by atoms with Gasteiger partial charge in [0.05, 0.1) is 6.07 Å². The van der Waals surface area contributed by atoms with Gasteiger partial charge in [-0.1, -0.05) is 13.8 Å². The van der Waals surface area contributed by atoms with Crippen LogP contribution in [0.25, 0.3) is 0 Å². The molecule has 1 saturated heterocycles. The second-order valence-electron chi connectivity index (χ2n) is 6.02. The maximum absolute atomic E-state index is 9.26. The molecule has 2 unspecified atom stereocenters. The summed E-state index contributed by atoms with van der Waals surface area (Å²) in [4.78, 5) is 2.56. The van der Waals surface area contributed by atoms with E-state index in [-0.39, 0.29) is 5.54 Å². The Balaban J connectivity index is 2.24. The summed E-state index contributed by atoms with van der Waals surface area (Å²) >= 11 is 0. The third kappa shape index (κ3) is 5.37. The molecule has 3 heteroatoms. The van der Waals surface area contributed by atoms with Crippen LogP contribution in [0.1, 0.15) is 52.9 Å². The number of likely N-dealkylation sites (tertiary alicyclic amines) is 1. The van der Waals surface area contributed by atoms with Gasteiger partial charge in [0.15, 0.2) is 0 Å². The van der Waals surface area contributed by atoms with Crippen LogP contribution in [0.3, 0.4) is 0 Å². The Hall–Kier alpha value is -0.590. The Kier molecular flexibility index (Phi) is 6.67. The molecule has 1 fully saturated rings. The first-order valence-electron chi connectivity index (χ1n) is 7.48. The van der Waals surface area contributed by atoms with Gasteiger partial charge in [-0.3, -0.25) is 5.32 Å². The minimum absolute atomic E-state index is 0.336. The summed E-state index contributed by atoms with van der Waals surface area (Å²) in [6.45, 7) is 11.1. The topological polar surface area (TPSA) is 39.1 Å². The number of nitrogens with one attached hydrogen (secondary N) is 1. The van der Waals surface area contributed by atoms with Crippen molar-refractivity contribution >= 4 is 0 Å². The second kappa shape index (κ2) is 7.76. The van der Waals surface area contributed by atoms with E-state index in [2.05, 4.69) is 30.1 Å². The van der Waals surface area contributed by atoms with Crippen molar-refractivity contribution in [3.05, 3.63) is 0 Å². The van der Waals surface area contributed by atoms with E-state index in [9.17, 15) is 5.26 Å². The molecule has 2 atom stereocenters. The van der Waals surface area contributed by atoms with Crippen LogP contribution in [-0.2, 0) is 0 Å². The number of hydrogen-bond donors (Lipinski definition) is 1. The maximum Gasteiger partial charge on any atom is 0.103 e. The van der Waals surface area contributed by atoms with E-state index in [0.29, 0.717) is 0 Å². The number of hydrogen-bond acceptors (Lipinski definition) is 3. The summed E-state index contributed by atoms with van der Waals surface area (Å²) in [5.74, 6) is 0.847. The highest BCUT2D eigenvalue weighted by Crippen LogP contribution is 2.17. The highest BCUT2D eigenvalue weighted by Gasteiger charge is 2.23. The van der Waals surface area contributed by atoms with Crippen molar-refractivity contribution in [2.45, 2.75) is 58.4 Å². The van der Waals surface area contributed by atoms with Crippen molar-refractivity contribution in [1.29, 1.82) is 5.26 Å². The van der Waals surface area contributed by atoms with Crippen molar-refractivity contribution in [3.63, 3.8) is 0 Å². The fourth-order valence-electron chi connectivity index (χ4n) is 2.73. The molecule has 1 aliphatic heterocycles. The zero-order chi connectivity index (χ0) is 13.4. The molecule has 0 radical (unpaired) electrons. The molecule has 0 bridgehead atoms. The van der Waals surface area contributed by atoms with E-state index in [0.717, 1.165) is 38.3 Å². The van der Waals surface area contributed by atoms with Gasteiger partial charge in [-0.2, -0.15) is 5.26 Å². The molecule has 0 spiro atoms. The predicted octanol–water partition coefficient (Wildman–Crippen LogP) is 2.78. The Morgan fingerprint density at radius 3 is 2.89 bits per heavy atom. The first kappa shape index (κ1) is 15.5. The van der Waals surface area contributed by atoms with Crippen LogP contribution in [0.4, 0.5) is 0 Å². The van der Waals surface area contributed by atoms with Crippen molar-refractivity contribution in [2.24, 2.45) is 5.92 Å². The van der Waals surface area contributed by atoms with E-state index < -0.39 is 0 Å². The van der Waals surface area contributed by atoms with Crippen LogP contribution in [0.5, 0.6) is 0 Å². The quantitative estimate of drug-likeness (QED) is 0.756. The molecule has 1 aliphatic rings. The van der Waals surface area contributed by atoms with Gasteiger partial charge in [-0.15, -0.1) is 0 Å². The minimum Gasteiger partial charge on any atom is -0.303 e. The highest BCUT2D eigenvalue weighted by atomic mass is 15.1. The van der Waals surface area contributed by atoms with E-state index >= 15 is 0 Å². The number of rotatable bonds is 7. The standard InChI is InChI=1S/C15H29N3/c1-4-9-17-15(3,13-16)8-6-11-18-10-5-7-14(2)12-18/h14,17H,4-12H2,1-3H3. The van der Waals surface area contributed by atoms with Crippen LogP contribution in [0.15, 0.2) is 0 Å². The van der Waals surface area contributed by atoms with Gasteiger partial charge in [-0.25, -0.2) is 0 Å². The molecule has 104 valence electrons. The average Bonchev–Trinajstić information content (AvgIpc) is 2.36. The molecule has 0 amide bonds. The molecule has 0 aromatic carbocycles. The van der Waals surface area contributed by atoms with E-state index in [4.69, 9.17) is 0 Å². The molecule has 18 heavy (non-hydrogen) atoms. The zero-order valence-electron chi connectivity index (χ0n) is 12.3. The summed E-state index contributed by atoms with van der Waals surface area (Å²) in [5, 5.41) is 12.6. The average molecular weight is 251 g/mol. The Bertz CT molecular complexity index is 271. The number of nitriles is 1. The van der Waals surface area contributed by atoms with Crippen LogP contribution in [0, 0.1) is 17.2 Å². The smallest absolute Gasteiger partial charge is 0.103 e. The minimum atomic E-state index is -0.336. The summed E-state index contributed by atoms with van der Waals surface area (Å²) < 4.78 is 0. The lowest BCUT2D eigenvalue weighted by atomic mass is 9.96. The van der Waals surface area contributed by atoms with Gasteiger partial charge in [0.25, 0.3) is 0 Å². The maximum atomic E-state index is 9.26. The molecule has 1 N–H and O–H groups in total. The van der Waals surface area contributed by atoms with Crippen LogP contribution in [0.2, 0.25) is 0 Å². The van der Waals surface area contributed by atoms with Gasteiger partial charge in [0.1, 0.15) is 5.54 Å². The summed E-state index contributed by atoms with van der Waals surface area (Å²) in [7, 11) is 0. The predicted molar refractivity (Wildman–Crippen MR) is 76.4 cm³/mol. The number of piperidine rings is 1. The molecular weight excluding hydrogens is 222 g/mol. The lowest BCUT2D eigenvalue weighted by molar-refractivity contribution is 0.177. The number of nitrogens with zero attached hydrogens (tertiary/aromatic N) is 2. The molecule has 3 nitrogen and oxygen atoms in total. The SMILES string of the molecule is CCCNC(C)(C#N)CCCN1CCCC(C)C1. The monoisotopic (exact) mass is 251 g/mol. The zero-order valence-corrected chi connectivity index (χ0v) is 12.3. The van der Waals surface area contributed by atoms with Crippen LogP contribution >= 0.6 is 0 Å². The van der Waals surface area contributed by atoms with Crippen molar-refractivity contribution < 1.29 is 0 Å².